The molecule has 0 atom stereocenters. The van der Waals surface area contributed by atoms with E-state index in [1.807, 2.05) is 0 Å². The monoisotopic (exact) mass is 439 g/mol. The number of hydrogen-bond acceptors (Lipinski definition) is 3. The van der Waals surface area contributed by atoms with Gasteiger partial charge in [0.15, 0.2) is 0 Å². The molecule has 30 heavy (non-hydrogen) atoms. The van der Waals surface area contributed by atoms with E-state index in [0.717, 1.165) is 11.0 Å². The Morgan fingerprint density at radius 2 is 1.43 bits per heavy atom. The van der Waals surface area contributed by atoms with E-state index in [-0.39, 0.29) is 22.5 Å². The summed E-state index contributed by atoms with van der Waals surface area (Å²) in [5.74, 6) is -0.918. The fourth-order valence-electron chi connectivity index (χ4n) is 3.04. The van der Waals surface area contributed by atoms with E-state index in [1.165, 1.54) is 24.3 Å². The lowest BCUT2D eigenvalue weighted by atomic mass is 10.1. The smallest absolute Gasteiger partial charge is 0.308 e. The Kier molecular flexibility index (Phi) is 5.28. The number of hydrogen-bond donors (Lipinski definition) is 2. The third-order valence-electron chi connectivity index (χ3n) is 4.34. The normalized spacial score (nSPS) is 14.0. The van der Waals surface area contributed by atoms with Crippen LogP contribution in [0.2, 0.25) is 5.02 Å². The molecule has 0 fully saturated rings. The van der Waals surface area contributed by atoms with Gasteiger partial charge in [-0.3, -0.25) is 14.5 Å². The minimum atomic E-state index is -4.67. The van der Waals surface area contributed by atoms with Gasteiger partial charge in [0, 0.05) is 16.9 Å². The van der Waals surface area contributed by atoms with Crippen LogP contribution in [-0.2, 0) is 6.18 Å². The van der Waals surface area contributed by atoms with Crippen molar-refractivity contribution in [1.82, 2.24) is 4.90 Å². The molecule has 1 aliphatic heterocycles. The molecule has 0 aliphatic carbocycles. The van der Waals surface area contributed by atoms with Gasteiger partial charge in [-0.05, 0) is 57.2 Å². The summed E-state index contributed by atoms with van der Waals surface area (Å²) < 4.78 is 38.8. The second-order valence-electron chi connectivity index (χ2n) is 7.65. The Hall–Kier alpha value is -3.07. The number of carbonyl (C=O) groups is 3. The number of nitrogens with one attached hydrogen (secondary N) is 2. The summed E-state index contributed by atoms with van der Waals surface area (Å²) in [5.41, 5.74) is -1.36. The number of carbonyl (C=O) groups excluding carboxylic acids is 3. The van der Waals surface area contributed by atoms with E-state index in [9.17, 15) is 27.6 Å². The van der Waals surface area contributed by atoms with Crippen molar-refractivity contribution < 1.29 is 27.6 Å². The maximum absolute atomic E-state index is 12.9. The van der Waals surface area contributed by atoms with E-state index in [1.54, 1.807) is 20.8 Å². The summed E-state index contributed by atoms with van der Waals surface area (Å²) in [6, 6.07) is 6.34. The lowest BCUT2D eigenvalue weighted by Crippen LogP contribution is -2.45. The molecule has 2 aromatic carbocycles. The highest BCUT2D eigenvalue weighted by atomic mass is 35.5. The molecule has 158 valence electrons. The van der Waals surface area contributed by atoms with E-state index in [4.69, 9.17) is 11.6 Å². The van der Waals surface area contributed by atoms with Crippen molar-refractivity contribution in [3.8, 4) is 0 Å². The number of halogens is 4. The van der Waals surface area contributed by atoms with Gasteiger partial charge in [-0.15, -0.1) is 0 Å². The van der Waals surface area contributed by atoms with Gasteiger partial charge < -0.3 is 10.6 Å². The van der Waals surface area contributed by atoms with E-state index in [0.29, 0.717) is 6.07 Å². The minimum absolute atomic E-state index is 0.115. The molecule has 0 aromatic heterocycles. The zero-order valence-electron chi connectivity index (χ0n) is 16.1. The fraction of sp³-hybridized carbons (Fsp3) is 0.250. The molecule has 10 heteroatoms. The van der Waals surface area contributed by atoms with Crippen molar-refractivity contribution in [3.05, 3.63) is 58.1 Å². The van der Waals surface area contributed by atoms with Gasteiger partial charge in [0.05, 0.1) is 21.7 Å². The summed E-state index contributed by atoms with van der Waals surface area (Å²) in [4.78, 5) is 38.4. The molecule has 1 heterocycles. The Balaban J connectivity index is 1.78. The standard InChI is InChI=1S/C20H17ClF3N3O3/c1-19(2,3)27-16(28)12-6-4-10(8-13(12)17(27)29)25-18(30)26-11-5-7-15(21)14(9-11)20(22,23)24/h4-9H,1-3H3,(H2,25,26,30). The first kappa shape index (κ1) is 21.6. The average Bonchev–Trinajstić information content (AvgIpc) is 2.86. The van der Waals surface area contributed by atoms with Crippen LogP contribution in [0, 0.1) is 0 Å². The Morgan fingerprint density at radius 1 is 0.900 bits per heavy atom. The van der Waals surface area contributed by atoms with Crippen LogP contribution in [0.15, 0.2) is 36.4 Å². The molecule has 3 rings (SSSR count). The second kappa shape index (κ2) is 7.32. The van der Waals surface area contributed by atoms with Crippen LogP contribution in [0.25, 0.3) is 0 Å². The molecule has 6 nitrogen and oxygen atoms in total. The summed E-state index contributed by atoms with van der Waals surface area (Å²) in [5, 5.41) is 4.23. The molecular weight excluding hydrogens is 423 g/mol. The molecular formula is C20H17ClF3N3O3. The van der Waals surface area contributed by atoms with E-state index < -0.39 is 40.1 Å². The highest BCUT2D eigenvalue weighted by Gasteiger charge is 2.42. The van der Waals surface area contributed by atoms with E-state index in [2.05, 4.69) is 10.6 Å². The highest BCUT2D eigenvalue weighted by molar-refractivity contribution is 6.31. The minimum Gasteiger partial charge on any atom is -0.308 e. The third-order valence-corrected chi connectivity index (χ3v) is 4.67. The molecule has 2 N–H and O–H groups in total. The van der Waals surface area contributed by atoms with Crippen molar-refractivity contribution in [2.45, 2.75) is 32.5 Å². The number of amides is 4. The molecule has 0 spiro atoms. The van der Waals surface area contributed by atoms with Crippen LogP contribution < -0.4 is 10.6 Å². The van der Waals surface area contributed by atoms with Crippen LogP contribution in [0.5, 0.6) is 0 Å². The molecule has 1 aliphatic rings. The highest BCUT2D eigenvalue weighted by Crippen LogP contribution is 2.36. The zero-order valence-corrected chi connectivity index (χ0v) is 16.9. The summed E-state index contributed by atoms with van der Waals surface area (Å²) in [7, 11) is 0. The first-order chi connectivity index (χ1) is 13.8. The fourth-order valence-corrected chi connectivity index (χ4v) is 3.27. The summed E-state index contributed by atoms with van der Waals surface area (Å²) in [6.45, 7) is 5.17. The lowest BCUT2D eigenvalue weighted by Gasteiger charge is -2.29. The van der Waals surface area contributed by atoms with Gasteiger partial charge in [-0.1, -0.05) is 11.6 Å². The van der Waals surface area contributed by atoms with Gasteiger partial charge in [0.25, 0.3) is 11.8 Å². The van der Waals surface area contributed by atoms with Crippen LogP contribution >= 0.6 is 11.6 Å². The number of nitrogens with zero attached hydrogens (tertiary/aromatic N) is 1. The summed E-state index contributed by atoms with van der Waals surface area (Å²) in [6.07, 6.45) is -4.67. The van der Waals surface area contributed by atoms with Crippen molar-refractivity contribution in [3.63, 3.8) is 0 Å². The number of fused-ring (bicyclic) bond motifs is 1. The predicted molar refractivity (Wildman–Crippen MR) is 106 cm³/mol. The zero-order chi connectivity index (χ0) is 22.4. The van der Waals surface area contributed by atoms with Crippen molar-refractivity contribution in [1.29, 1.82) is 0 Å². The predicted octanol–water partition coefficient (Wildman–Crippen LogP) is 5.40. The Morgan fingerprint density at radius 3 is 2.00 bits per heavy atom. The maximum Gasteiger partial charge on any atom is 0.417 e. The van der Waals surface area contributed by atoms with Crippen LogP contribution in [-0.4, -0.2) is 28.3 Å². The lowest BCUT2D eigenvalue weighted by molar-refractivity contribution is -0.137. The van der Waals surface area contributed by atoms with Crippen molar-refractivity contribution in [2.75, 3.05) is 10.6 Å². The molecule has 2 aromatic rings. The van der Waals surface area contributed by atoms with Gasteiger partial charge in [0.1, 0.15) is 0 Å². The average molecular weight is 440 g/mol. The number of urea groups is 1. The van der Waals surface area contributed by atoms with Crippen molar-refractivity contribution in [2.24, 2.45) is 0 Å². The van der Waals surface area contributed by atoms with E-state index >= 15 is 0 Å². The third kappa shape index (κ3) is 4.11. The van der Waals surface area contributed by atoms with Gasteiger partial charge >= 0.3 is 12.2 Å². The largest absolute Gasteiger partial charge is 0.417 e. The number of alkyl halides is 3. The Labute approximate surface area is 175 Å². The number of rotatable bonds is 2. The number of imide groups is 1. The van der Waals surface area contributed by atoms with Gasteiger partial charge in [-0.2, -0.15) is 13.2 Å². The van der Waals surface area contributed by atoms with Gasteiger partial charge in [0.2, 0.25) is 0 Å². The van der Waals surface area contributed by atoms with Crippen LogP contribution in [0.4, 0.5) is 29.3 Å². The SMILES string of the molecule is CC(C)(C)N1C(=O)c2ccc(NC(=O)Nc3ccc(Cl)c(C(F)(F)F)c3)cc2C1=O. The van der Waals surface area contributed by atoms with Crippen LogP contribution in [0.3, 0.4) is 0 Å². The molecule has 0 unspecified atom stereocenters. The molecule has 4 amide bonds. The molecule has 0 saturated carbocycles. The van der Waals surface area contributed by atoms with Crippen molar-refractivity contribution >= 4 is 40.8 Å². The van der Waals surface area contributed by atoms with Crippen LogP contribution in [0.1, 0.15) is 47.1 Å². The Bertz CT molecular complexity index is 1060. The number of anilines is 2. The molecule has 0 saturated heterocycles. The summed E-state index contributed by atoms with van der Waals surface area (Å²) >= 11 is 5.56. The quantitative estimate of drug-likeness (QED) is 0.615. The van der Waals surface area contributed by atoms with Gasteiger partial charge in [-0.25, -0.2) is 4.79 Å². The maximum atomic E-state index is 12.9. The number of benzene rings is 2. The first-order valence-corrected chi connectivity index (χ1v) is 9.14. The molecule has 0 bridgehead atoms. The topological polar surface area (TPSA) is 78.5 Å². The molecule has 0 radical (unpaired) electrons. The first-order valence-electron chi connectivity index (χ1n) is 8.77. The second-order valence-corrected chi connectivity index (χ2v) is 8.06.